The maximum atomic E-state index is 12.2. The molecule has 1 amide bonds. The SMILES string of the molecule is CC(C)(C)OC(=O)N1COC(O)[C@H]1CO[Si](C)(C)C(C)(C)C. The van der Waals surface area contributed by atoms with Crippen LogP contribution in [0.5, 0.6) is 0 Å². The van der Waals surface area contributed by atoms with Gasteiger partial charge in [0.05, 0.1) is 6.61 Å². The van der Waals surface area contributed by atoms with Gasteiger partial charge in [-0.05, 0) is 38.9 Å². The van der Waals surface area contributed by atoms with Crippen LogP contribution in [0.3, 0.4) is 0 Å². The molecule has 1 N–H and O–H groups in total. The molecule has 1 rings (SSSR count). The summed E-state index contributed by atoms with van der Waals surface area (Å²) in [6, 6.07) is -0.538. The molecule has 1 aliphatic rings. The molecule has 22 heavy (non-hydrogen) atoms. The fraction of sp³-hybridized carbons (Fsp3) is 0.933. The molecule has 0 radical (unpaired) electrons. The molecular formula is C15H31NO5Si. The van der Waals surface area contributed by atoms with Crippen molar-refractivity contribution in [3.63, 3.8) is 0 Å². The summed E-state index contributed by atoms with van der Waals surface area (Å²) in [4.78, 5) is 13.6. The normalized spacial score (nSPS) is 23.8. The molecule has 6 nitrogen and oxygen atoms in total. The fourth-order valence-electron chi connectivity index (χ4n) is 1.71. The lowest BCUT2D eigenvalue weighted by Crippen LogP contribution is -2.49. The highest BCUT2D eigenvalue weighted by Crippen LogP contribution is 2.37. The highest BCUT2D eigenvalue weighted by Gasteiger charge is 2.43. The van der Waals surface area contributed by atoms with Crippen molar-refractivity contribution in [1.82, 2.24) is 4.90 Å². The Morgan fingerprint density at radius 1 is 1.27 bits per heavy atom. The zero-order chi connectivity index (χ0) is 17.3. The molecular weight excluding hydrogens is 302 g/mol. The summed E-state index contributed by atoms with van der Waals surface area (Å²) in [7, 11) is -1.96. The monoisotopic (exact) mass is 333 g/mol. The van der Waals surface area contributed by atoms with Crippen LogP contribution >= 0.6 is 0 Å². The second-order valence-corrected chi connectivity index (χ2v) is 13.1. The van der Waals surface area contributed by atoms with Gasteiger partial charge in [-0.1, -0.05) is 20.8 Å². The Bertz CT molecular complexity index is 400. The number of aliphatic hydroxyl groups excluding tert-OH is 1. The molecule has 0 bridgehead atoms. The molecule has 1 fully saturated rings. The first-order valence-corrected chi connectivity index (χ1v) is 10.6. The van der Waals surface area contributed by atoms with Crippen molar-refractivity contribution < 1.29 is 23.8 Å². The minimum Gasteiger partial charge on any atom is -0.444 e. The standard InChI is InChI=1S/C15H31NO5Si/c1-14(2,3)21-13(18)16-10-19-12(17)11(16)9-20-22(7,8)15(4,5)6/h11-12,17H,9-10H2,1-8H3/t11-,12?/m1/s1. The van der Waals surface area contributed by atoms with Crippen molar-refractivity contribution in [2.45, 2.75) is 77.6 Å². The third-order valence-corrected chi connectivity index (χ3v) is 8.66. The van der Waals surface area contributed by atoms with E-state index in [-0.39, 0.29) is 18.4 Å². The maximum absolute atomic E-state index is 12.2. The number of nitrogens with zero attached hydrogens (tertiary/aromatic N) is 1. The van der Waals surface area contributed by atoms with Crippen molar-refractivity contribution in [2.24, 2.45) is 0 Å². The van der Waals surface area contributed by atoms with Crippen LogP contribution in [0.2, 0.25) is 18.1 Å². The lowest BCUT2D eigenvalue weighted by atomic mass is 10.2. The summed E-state index contributed by atoms with van der Waals surface area (Å²) in [6.07, 6.45) is -1.54. The van der Waals surface area contributed by atoms with Crippen LogP contribution in [0, 0.1) is 0 Å². The van der Waals surface area contributed by atoms with Crippen molar-refractivity contribution in [2.75, 3.05) is 13.3 Å². The summed E-state index contributed by atoms with van der Waals surface area (Å²) in [5.41, 5.74) is -0.588. The summed E-state index contributed by atoms with van der Waals surface area (Å²) in [5.74, 6) is 0. The van der Waals surface area contributed by atoms with Crippen LogP contribution in [-0.2, 0) is 13.9 Å². The molecule has 1 heterocycles. The number of aliphatic hydroxyl groups is 1. The average Bonchev–Trinajstić information content (AvgIpc) is 2.64. The van der Waals surface area contributed by atoms with Crippen LogP contribution < -0.4 is 0 Å². The van der Waals surface area contributed by atoms with Gasteiger partial charge < -0.3 is 19.0 Å². The van der Waals surface area contributed by atoms with E-state index in [1.165, 1.54) is 4.90 Å². The van der Waals surface area contributed by atoms with Crippen LogP contribution in [-0.4, -0.2) is 55.7 Å². The maximum Gasteiger partial charge on any atom is 0.412 e. The van der Waals surface area contributed by atoms with Gasteiger partial charge in [0.15, 0.2) is 14.6 Å². The lowest BCUT2D eigenvalue weighted by Gasteiger charge is -2.38. The predicted molar refractivity (Wildman–Crippen MR) is 87.0 cm³/mol. The Labute approximate surface area is 134 Å². The minimum absolute atomic E-state index is 0.0155. The Hall–Kier alpha value is -0.633. The van der Waals surface area contributed by atoms with E-state index in [2.05, 4.69) is 33.9 Å². The summed E-state index contributed by atoms with van der Waals surface area (Å²) in [6.45, 7) is 16.4. The summed E-state index contributed by atoms with van der Waals surface area (Å²) < 4.78 is 16.6. The summed E-state index contributed by atoms with van der Waals surface area (Å²) >= 11 is 0. The van der Waals surface area contributed by atoms with Gasteiger partial charge in [-0.2, -0.15) is 0 Å². The number of carbonyl (C=O) groups is 1. The van der Waals surface area contributed by atoms with Crippen LogP contribution in [0.25, 0.3) is 0 Å². The highest BCUT2D eigenvalue weighted by atomic mass is 28.4. The number of amides is 1. The van der Waals surface area contributed by atoms with Gasteiger partial charge in [0, 0.05) is 0 Å². The van der Waals surface area contributed by atoms with Crippen molar-refractivity contribution >= 4 is 14.4 Å². The van der Waals surface area contributed by atoms with E-state index >= 15 is 0 Å². The molecule has 2 atom stereocenters. The van der Waals surface area contributed by atoms with Crippen LogP contribution in [0.4, 0.5) is 4.79 Å². The Morgan fingerprint density at radius 3 is 2.27 bits per heavy atom. The first-order chi connectivity index (χ1) is 9.74. The molecule has 0 saturated carbocycles. The van der Waals surface area contributed by atoms with E-state index in [4.69, 9.17) is 13.9 Å². The molecule has 1 aliphatic heterocycles. The molecule has 1 saturated heterocycles. The third-order valence-electron chi connectivity index (χ3n) is 4.16. The number of ether oxygens (including phenoxy) is 2. The second-order valence-electron chi connectivity index (χ2n) is 8.28. The number of carbonyl (C=O) groups excluding carboxylic acids is 1. The van der Waals surface area contributed by atoms with E-state index in [0.29, 0.717) is 0 Å². The smallest absolute Gasteiger partial charge is 0.412 e. The quantitative estimate of drug-likeness (QED) is 0.804. The molecule has 130 valence electrons. The van der Waals surface area contributed by atoms with E-state index < -0.39 is 32.3 Å². The minimum atomic E-state index is -1.96. The van der Waals surface area contributed by atoms with Crippen LogP contribution in [0.1, 0.15) is 41.5 Å². The molecule has 0 aromatic carbocycles. The van der Waals surface area contributed by atoms with Gasteiger partial charge in [-0.25, -0.2) is 4.79 Å². The van der Waals surface area contributed by atoms with E-state index in [9.17, 15) is 9.90 Å². The summed E-state index contributed by atoms with van der Waals surface area (Å²) in [5, 5.41) is 10.0. The Morgan fingerprint density at radius 2 is 1.82 bits per heavy atom. The van der Waals surface area contributed by atoms with Crippen molar-refractivity contribution in [1.29, 1.82) is 0 Å². The molecule has 7 heteroatoms. The topological polar surface area (TPSA) is 68.2 Å². The van der Waals surface area contributed by atoms with Crippen LogP contribution in [0.15, 0.2) is 0 Å². The Balaban J connectivity index is 2.72. The van der Waals surface area contributed by atoms with Gasteiger partial charge in [-0.15, -0.1) is 0 Å². The molecule has 0 aromatic rings. The van der Waals surface area contributed by atoms with Gasteiger partial charge in [-0.3, -0.25) is 4.90 Å². The zero-order valence-corrected chi connectivity index (χ0v) is 16.1. The first kappa shape index (κ1) is 19.4. The number of rotatable bonds is 3. The van der Waals surface area contributed by atoms with Gasteiger partial charge >= 0.3 is 6.09 Å². The first-order valence-electron chi connectivity index (χ1n) is 7.68. The number of hydrogen-bond donors (Lipinski definition) is 1. The average molecular weight is 334 g/mol. The van der Waals surface area contributed by atoms with Gasteiger partial charge in [0.2, 0.25) is 0 Å². The predicted octanol–water partition coefficient (Wildman–Crippen LogP) is 2.92. The molecule has 0 spiro atoms. The van der Waals surface area contributed by atoms with Gasteiger partial charge in [0.25, 0.3) is 0 Å². The van der Waals surface area contributed by atoms with E-state index in [1.807, 2.05) is 0 Å². The third kappa shape index (κ3) is 4.94. The second kappa shape index (κ2) is 6.47. The zero-order valence-electron chi connectivity index (χ0n) is 15.1. The fourth-order valence-corrected chi connectivity index (χ4v) is 2.73. The van der Waals surface area contributed by atoms with E-state index in [0.717, 1.165) is 0 Å². The van der Waals surface area contributed by atoms with Gasteiger partial charge in [0.1, 0.15) is 18.4 Å². The molecule has 0 aliphatic carbocycles. The van der Waals surface area contributed by atoms with Crippen molar-refractivity contribution in [3.8, 4) is 0 Å². The molecule has 1 unspecified atom stereocenters. The highest BCUT2D eigenvalue weighted by molar-refractivity contribution is 6.74. The Kier molecular flexibility index (Phi) is 5.71. The largest absolute Gasteiger partial charge is 0.444 e. The van der Waals surface area contributed by atoms with Crippen molar-refractivity contribution in [3.05, 3.63) is 0 Å². The number of hydrogen-bond acceptors (Lipinski definition) is 5. The van der Waals surface area contributed by atoms with E-state index in [1.54, 1.807) is 20.8 Å². The lowest BCUT2D eigenvalue weighted by molar-refractivity contribution is -0.0725. The molecule has 0 aromatic heterocycles.